The van der Waals surface area contributed by atoms with Crippen molar-refractivity contribution in [2.24, 2.45) is 0 Å². The van der Waals surface area contributed by atoms with E-state index in [0.717, 1.165) is 11.1 Å². The molecule has 0 N–H and O–H groups in total. The van der Waals surface area contributed by atoms with Crippen LogP contribution in [-0.4, -0.2) is 25.1 Å². The fourth-order valence-electron chi connectivity index (χ4n) is 3.44. The molecule has 0 aliphatic rings. The third-order valence-corrected chi connectivity index (χ3v) is 8.10. The molecule has 3 aromatic carbocycles. The van der Waals surface area contributed by atoms with Gasteiger partial charge in [-0.15, -0.1) is 0 Å². The predicted molar refractivity (Wildman–Crippen MR) is 130 cm³/mol. The van der Waals surface area contributed by atoms with Crippen molar-refractivity contribution in [1.82, 2.24) is 4.98 Å². The van der Waals surface area contributed by atoms with Gasteiger partial charge in [0.25, 0.3) is 0 Å². The molecule has 0 aliphatic heterocycles. The molecule has 0 radical (unpaired) electrons. The van der Waals surface area contributed by atoms with Crippen molar-refractivity contribution >= 4 is 42.4 Å². The van der Waals surface area contributed by atoms with Crippen LogP contribution < -0.4 is 4.90 Å². The van der Waals surface area contributed by atoms with E-state index < -0.39 is 9.84 Å². The predicted octanol–water partition coefficient (Wildman–Crippen LogP) is 5.53. The van der Waals surface area contributed by atoms with Gasteiger partial charge in [0, 0.05) is 6.42 Å². The van der Waals surface area contributed by atoms with Crippen LogP contribution in [0.1, 0.15) is 24.0 Å². The van der Waals surface area contributed by atoms with Crippen molar-refractivity contribution < 1.29 is 17.6 Å². The third kappa shape index (κ3) is 5.64. The Morgan fingerprint density at radius 3 is 2.48 bits per heavy atom. The van der Waals surface area contributed by atoms with Crippen molar-refractivity contribution in [3.05, 3.63) is 89.7 Å². The lowest BCUT2D eigenvalue weighted by Gasteiger charge is -2.20. The maximum Gasteiger partial charge on any atom is 0.229 e. The fraction of sp³-hybridized carbons (Fsp3) is 0.200. The molecule has 0 fully saturated rings. The van der Waals surface area contributed by atoms with Crippen molar-refractivity contribution in [2.75, 3.05) is 10.7 Å². The van der Waals surface area contributed by atoms with E-state index in [0.29, 0.717) is 21.9 Å². The first-order chi connectivity index (χ1) is 15.8. The van der Waals surface area contributed by atoms with E-state index in [9.17, 15) is 17.6 Å². The van der Waals surface area contributed by atoms with E-state index in [1.807, 2.05) is 37.3 Å². The average molecular weight is 483 g/mol. The van der Waals surface area contributed by atoms with Crippen LogP contribution in [0.4, 0.5) is 9.52 Å². The number of carbonyl (C=O) groups excluding carboxylic acids is 1. The summed E-state index contributed by atoms with van der Waals surface area (Å²) in [4.78, 5) is 19.5. The average Bonchev–Trinajstić information content (AvgIpc) is 3.21. The lowest BCUT2D eigenvalue weighted by atomic mass is 10.2. The van der Waals surface area contributed by atoms with Gasteiger partial charge in [-0.2, -0.15) is 0 Å². The Morgan fingerprint density at radius 2 is 1.76 bits per heavy atom. The molecule has 33 heavy (non-hydrogen) atoms. The molecule has 4 aromatic rings. The molecular formula is C25H23FN2O3S2. The molecule has 170 valence electrons. The van der Waals surface area contributed by atoms with Crippen LogP contribution in [0.3, 0.4) is 0 Å². The number of anilines is 1. The quantitative estimate of drug-likeness (QED) is 0.331. The van der Waals surface area contributed by atoms with Gasteiger partial charge in [-0.3, -0.25) is 9.69 Å². The minimum atomic E-state index is -3.47. The second kappa shape index (κ2) is 9.80. The molecule has 1 aromatic heterocycles. The van der Waals surface area contributed by atoms with Crippen LogP contribution in [0.15, 0.2) is 77.7 Å². The number of benzene rings is 3. The molecule has 8 heteroatoms. The Balaban J connectivity index is 1.52. The zero-order valence-electron chi connectivity index (χ0n) is 18.1. The number of rotatable bonds is 8. The number of hydrogen-bond acceptors (Lipinski definition) is 5. The highest BCUT2D eigenvalue weighted by Crippen LogP contribution is 2.31. The molecule has 0 unspecified atom stereocenters. The molecular weight excluding hydrogens is 459 g/mol. The maximum atomic E-state index is 13.6. The normalized spacial score (nSPS) is 11.6. The zero-order chi connectivity index (χ0) is 23.4. The molecule has 0 saturated carbocycles. The Labute approximate surface area is 196 Å². The lowest BCUT2D eigenvalue weighted by Crippen LogP contribution is -2.30. The van der Waals surface area contributed by atoms with Crippen molar-refractivity contribution in [2.45, 2.75) is 31.2 Å². The summed E-state index contributed by atoms with van der Waals surface area (Å²) in [7, 11) is -3.47. The van der Waals surface area contributed by atoms with E-state index in [4.69, 9.17) is 0 Å². The Kier molecular flexibility index (Phi) is 6.85. The molecule has 0 bridgehead atoms. The van der Waals surface area contributed by atoms with Crippen molar-refractivity contribution in [1.29, 1.82) is 0 Å². The summed E-state index contributed by atoms with van der Waals surface area (Å²) >= 11 is 1.24. The molecule has 5 nitrogen and oxygen atoms in total. The summed E-state index contributed by atoms with van der Waals surface area (Å²) in [5.74, 6) is -0.705. The largest absolute Gasteiger partial charge is 0.284 e. The number of aryl methyl sites for hydroxylation is 1. The molecule has 1 amide bonds. The van der Waals surface area contributed by atoms with Crippen LogP contribution in [-0.2, 0) is 21.2 Å². The number of amides is 1. The topological polar surface area (TPSA) is 67.3 Å². The summed E-state index contributed by atoms with van der Waals surface area (Å²) in [5, 5.41) is 0.464. The van der Waals surface area contributed by atoms with Crippen LogP contribution >= 0.6 is 11.3 Å². The first-order valence-electron chi connectivity index (χ1n) is 10.5. The number of halogens is 1. The Morgan fingerprint density at radius 1 is 1.03 bits per heavy atom. The monoisotopic (exact) mass is 482 g/mol. The van der Waals surface area contributed by atoms with Gasteiger partial charge in [-0.25, -0.2) is 17.8 Å². The first-order valence-corrected chi connectivity index (χ1v) is 13.0. The van der Waals surface area contributed by atoms with Crippen LogP contribution in [0.2, 0.25) is 0 Å². The highest BCUT2D eigenvalue weighted by Gasteiger charge is 2.22. The molecule has 1 heterocycles. The second-order valence-electron chi connectivity index (χ2n) is 7.81. The minimum Gasteiger partial charge on any atom is -0.284 e. The summed E-state index contributed by atoms with van der Waals surface area (Å²) in [6, 6.07) is 20.5. The minimum absolute atomic E-state index is 0.0577. The van der Waals surface area contributed by atoms with E-state index in [2.05, 4.69) is 4.98 Å². The van der Waals surface area contributed by atoms with E-state index in [-0.39, 0.29) is 35.2 Å². The highest BCUT2D eigenvalue weighted by molar-refractivity contribution is 7.91. The van der Waals surface area contributed by atoms with E-state index in [1.54, 1.807) is 35.2 Å². The van der Waals surface area contributed by atoms with Crippen LogP contribution in [0, 0.1) is 12.7 Å². The van der Waals surface area contributed by atoms with Crippen LogP contribution in [0.25, 0.3) is 10.2 Å². The lowest BCUT2D eigenvalue weighted by molar-refractivity contribution is -0.118. The summed E-state index contributed by atoms with van der Waals surface area (Å²) < 4.78 is 39.6. The summed E-state index contributed by atoms with van der Waals surface area (Å²) in [6.45, 7) is 2.19. The van der Waals surface area contributed by atoms with Crippen LogP contribution in [0.5, 0.6) is 0 Å². The number of sulfone groups is 1. The first kappa shape index (κ1) is 23.1. The third-order valence-electron chi connectivity index (χ3n) is 5.24. The Bertz CT molecular complexity index is 1370. The van der Waals surface area contributed by atoms with Gasteiger partial charge in [0.2, 0.25) is 5.91 Å². The van der Waals surface area contributed by atoms with Gasteiger partial charge in [0.1, 0.15) is 5.82 Å². The molecule has 4 rings (SSSR count). The molecule has 0 saturated heterocycles. The SMILES string of the molecule is Cc1ccc(S(=O)(=O)CCCC(=O)N(Cc2ccccc2)c2nc3ccc(F)cc3s2)cc1. The molecule has 0 aliphatic carbocycles. The van der Waals surface area contributed by atoms with Crippen molar-refractivity contribution in [3.63, 3.8) is 0 Å². The van der Waals surface area contributed by atoms with Gasteiger partial charge < -0.3 is 0 Å². The number of fused-ring (bicyclic) bond motifs is 1. The summed E-state index contributed by atoms with van der Waals surface area (Å²) in [5.41, 5.74) is 2.52. The van der Waals surface area contributed by atoms with Crippen molar-refractivity contribution in [3.8, 4) is 0 Å². The molecule has 0 spiro atoms. The van der Waals surface area contributed by atoms with Gasteiger partial charge in [0.05, 0.1) is 27.4 Å². The highest BCUT2D eigenvalue weighted by atomic mass is 32.2. The maximum absolute atomic E-state index is 13.6. The van der Waals surface area contributed by atoms with E-state index >= 15 is 0 Å². The molecule has 0 atom stereocenters. The fourth-order valence-corrected chi connectivity index (χ4v) is 5.76. The second-order valence-corrected chi connectivity index (χ2v) is 10.9. The number of carbonyl (C=O) groups is 1. The standard InChI is InChI=1S/C25H23FN2O3S2/c1-18-9-12-21(13-10-18)33(30,31)15-5-8-24(29)28(17-19-6-3-2-4-7-19)25-27-22-14-11-20(26)16-23(22)32-25/h2-4,6-7,9-14,16H,5,8,15,17H2,1H3. The van der Waals surface area contributed by atoms with Gasteiger partial charge in [-0.05, 0) is 49.2 Å². The Hall–Kier alpha value is -3.10. The van der Waals surface area contributed by atoms with E-state index in [1.165, 1.54) is 23.5 Å². The van der Waals surface area contributed by atoms with Gasteiger partial charge in [0.15, 0.2) is 15.0 Å². The number of hydrogen-bond donors (Lipinski definition) is 0. The smallest absolute Gasteiger partial charge is 0.229 e. The number of nitrogens with zero attached hydrogens (tertiary/aromatic N) is 2. The number of thiazole rings is 1. The number of aromatic nitrogens is 1. The van der Waals surface area contributed by atoms with Gasteiger partial charge >= 0.3 is 0 Å². The van der Waals surface area contributed by atoms with Gasteiger partial charge in [-0.1, -0.05) is 59.4 Å². The summed E-state index contributed by atoms with van der Waals surface area (Å²) in [6.07, 6.45) is 0.252. The zero-order valence-corrected chi connectivity index (χ0v) is 19.7.